The molecule has 3 rings (SSSR count). The van der Waals surface area contributed by atoms with Crippen molar-refractivity contribution in [3.05, 3.63) is 12.2 Å². The molecule has 0 aromatic carbocycles. The highest BCUT2D eigenvalue weighted by Crippen LogP contribution is 2.47. The largest absolute Gasteiger partial charge is 0.479 e. The fourth-order valence-electron chi connectivity index (χ4n) is 5.60. The van der Waals surface area contributed by atoms with Crippen LogP contribution in [-0.2, 0) is 23.5 Å². The summed E-state index contributed by atoms with van der Waals surface area (Å²) in [6.07, 6.45) is 7.68. The van der Waals surface area contributed by atoms with Gasteiger partial charge in [-0.05, 0) is 77.4 Å². The lowest BCUT2D eigenvalue weighted by Gasteiger charge is -2.38. The van der Waals surface area contributed by atoms with Crippen molar-refractivity contribution < 1.29 is 33.4 Å². The number of carboxylic acids is 1. The fraction of sp³-hybridized carbons (Fsp3) is 0.800. The number of Topliss-reactive ketones (excluding diaryl/α,β-unsaturated/α-hetero) is 1. The number of carbonyl (C=O) groups is 4. The summed E-state index contributed by atoms with van der Waals surface area (Å²) in [5.41, 5.74) is -2.06. The average Bonchev–Trinajstić information content (AvgIpc) is 3.33. The maximum Gasteiger partial charge on any atom is 0.408 e. The molecule has 0 aromatic rings. The number of amides is 2. The van der Waals surface area contributed by atoms with E-state index >= 15 is 0 Å². The van der Waals surface area contributed by atoms with Gasteiger partial charge < -0.3 is 24.9 Å². The highest BCUT2D eigenvalue weighted by atomic mass is 28.4. The summed E-state index contributed by atoms with van der Waals surface area (Å²) in [4.78, 5) is 52.8. The van der Waals surface area contributed by atoms with Crippen LogP contribution in [0.1, 0.15) is 92.9 Å². The molecule has 226 valence electrons. The molecule has 0 aromatic heterocycles. The molecule has 0 bridgehead atoms. The zero-order chi connectivity index (χ0) is 30.1. The predicted molar refractivity (Wildman–Crippen MR) is 155 cm³/mol. The third kappa shape index (κ3) is 7.75. The molecular formula is C30H50N2O7Si. The molecule has 2 aliphatic carbocycles. The number of nitrogens with one attached hydrogen (secondary N) is 2. The van der Waals surface area contributed by atoms with Crippen LogP contribution in [0.5, 0.6) is 0 Å². The Morgan fingerprint density at radius 1 is 1.05 bits per heavy atom. The standard InChI is InChI=1S/C30H50N2O7Si/c1-28(2,3)38-27(37)31-23-15-13-11-9-10-12-14-19-18-30(19,26(35)36)32-25(34)22-17-20(16-21(22)24(23)33)39-40(7,8)29(4,5)6/h12,14,19-23H,9-11,13,15-18H2,1-8H3,(H,31,37)(H,32,34)(H,35,36)/t19-,20+,21?,22-,23+,30-/m1/s1. The number of aliphatic carboxylic acids is 1. The van der Waals surface area contributed by atoms with Gasteiger partial charge >= 0.3 is 12.1 Å². The number of alkyl carbamates (subject to hydrolysis) is 1. The Balaban J connectivity index is 1.93. The smallest absolute Gasteiger partial charge is 0.408 e. The zero-order valence-corrected chi connectivity index (χ0v) is 26.6. The molecule has 1 aliphatic heterocycles. The number of carbonyl (C=O) groups excluding carboxylic acids is 3. The van der Waals surface area contributed by atoms with E-state index in [4.69, 9.17) is 9.16 Å². The average molecular weight is 579 g/mol. The lowest BCUT2D eigenvalue weighted by Crippen LogP contribution is -2.50. The molecule has 2 saturated carbocycles. The van der Waals surface area contributed by atoms with Crippen LogP contribution in [0.2, 0.25) is 18.1 Å². The van der Waals surface area contributed by atoms with Crippen molar-refractivity contribution in [3.63, 3.8) is 0 Å². The van der Waals surface area contributed by atoms with Gasteiger partial charge in [0.15, 0.2) is 14.1 Å². The van der Waals surface area contributed by atoms with E-state index in [1.54, 1.807) is 20.8 Å². The number of rotatable bonds is 4. The summed E-state index contributed by atoms with van der Waals surface area (Å²) in [7, 11) is -2.20. The van der Waals surface area contributed by atoms with E-state index in [0.29, 0.717) is 25.7 Å². The second-order valence-corrected chi connectivity index (χ2v) is 19.2. The molecule has 3 aliphatic rings. The van der Waals surface area contributed by atoms with Crippen LogP contribution in [0.4, 0.5) is 4.79 Å². The zero-order valence-electron chi connectivity index (χ0n) is 25.6. The Bertz CT molecular complexity index is 1010. The van der Waals surface area contributed by atoms with E-state index in [2.05, 4.69) is 44.5 Å². The summed E-state index contributed by atoms with van der Waals surface area (Å²) in [6.45, 7) is 16.0. The Hall–Kier alpha value is -2.20. The van der Waals surface area contributed by atoms with Crippen LogP contribution in [-0.4, -0.2) is 60.5 Å². The summed E-state index contributed by atoms with van der Waals surface area (Å²) in [6, 6.07) is -0.801. The monoisotopic (exact) mass is 578 g/mol. The number of hydrogen-bond acceptors (Lipinski definition) is 6. The van der Waals surface area contributed by atoms with Crippen molar-refractivity contribution >= 4 is 32.1 Å². The number of hydrogen-bond donors (Lipinski definition) is 3. The van der Waals surface area contributed by atoms with Crippen molar-refractivity contribution in [2.24, 2.45) is 17.8 Å². The van der Waals surface area contributed by atoms with Crippen LogP contribution >= 0.6 is 0 Å². The SMILES string of the molecule is CC(C)(C)OC(=O)N[C@H]1CCCCCC=C[C@@H]2C[C@@]2(C(=O)O)NC(=O)[C@@H]2C[C@@H](O[Si](C)(C)C(C)(C)C)CC2C1=O. The highest BCUT2D eigenvalue weighted by molar-refractivity contribution is 6.74. The molecule has 0 radical (unpaired) electrons. The third-order valence-electron chi connectivity index (χ3n) is 9.00. The first-order valence-electron chi connectivity index (χ1n) is 14.8. The lowest BCUT2D eigenvalue weighted by atomic mass is 9.86. The molecule has 1 heterocycles. The van der Waals surface area contributed by atoms with Gasteiger partial charge in [0.2, 0.25) is 5.91 Å². The van der Waals surface area contributed by atoms with Gasteiger partial charge in [-0.1, -0.05) is 45.8 Å². The molecule has 0 spiro atoms. The minimum Gasteiger partial charge on any atom is -0.479 e. The van der Waals surface area contributed by atoms with Gasteiger partial charge in [0.05, 0.1) is 12.0 Å². The predicted octanol–water partition coefficient (Wildman–Crippen LogP) is 5.35. The van der Waals surface area contributed by atoms with E-state index in [1.165, 1.54) is 0 Å². The molecule has 1 unspecified atom stereocenters. The molecule has 9 nitrogen and oxygen atoms in total. The second-order valence-electron chi connectivity index (χ2n) is 14.4. The van der Waals surface area contributed by atoms with Gasteiger partial charge in [0, 0.05) is 17.9 Å². The summed E-state index contributed by atoms with van der Waals surface area (Å²) < 4.78 is 12.1. The topological polar surface area (TPSA) is 131 Å². The molecule has 3 N–H and O–H groups in total. The van der Waals surface area contributed by atoms with Crippen molar-refractivity contribution in [2.45, 2.75) is 134 Å². The van der Waals surface area contributed by atoms with Crippen molar-refractivity contribution in [1.29, 1.82) is 0 Å². The van der Waals surface area contributed by atoms with Crippen molar-refractivity contribution in [2.75, 3.05) is 0 Å². The minimum absolute atomic E-state index is 0.0532. The summed E-state index contributed by atoms with van der Waals surface area (Å²) in [5.74, 6) is -3.40. The first kappa shape index (κ1) is 32.3. The molecule has 2 fully saturated rings. The van der Waals surface area contributed by atoms with Gasteiger partial charge in [-0.15, -0.1) is 0 Å². The molecule has 6 atom stereocenters. The van der Waals surface area contributed by atoms with Crippen molar-refractivity contribution in [1.82, 2.24) is 10.6 Å². The summed E-state index contributed by atoms with van der Waals surface area (Å²) >= 11 is 0. The Labute approximate surface area is 240 Å². The van der Waals surface area contributed by atoms with Gasteiger partial charge in [0.1, 0.15) is 11.1 Å². The Morgan fingerprint density at radius 2 is 1.70 bits per heavy atom. The van der Waals surface area contributed by atoms with E-state index in [9.17, 15) is 24.3 Å². The van der Waals surface area contributed by atoms with Crippen LogP contribution in [0.25, 0.3) is 0 Å². The Kier molecular flexibility index (Phi) is 9.66. The Morgan fingerprint density at radius 3 is 2.30 bits per heavy atom. The van der Waals surface area contributed by atoms with Crippen molar-refractivity contribution in [3.8, 4) is 0 Å². The molecule has 10 heteroatoms. The molecule has 40 heavy (non-hydrogen) atoms. The maximum atomic E-state index is 14.1. The molecule has 2 amide bonds. The van der Waals surface area contributed by atoms with Gasteiger partial charge in [-0.3, -0.25) is 9.59 Å². The van der Waals surface area contributed by atoms with E-state index in [1.807, 2.05) is 12.2 Å². The van der Waals surface area contributed by atoms with Gasteiger partial charge in [-0.25, -0.2) is 9.59 Å². The van der Waals surface area contributed by atoms with E-state index in [-0.39, 0.29) is 22.8 Å². The number of carboxylic acid groups (broad SMARTS) is 1. The molecular weight excluding hydrogens is 528 g/mol. The minimum atomic E-state index is -2.20. The highest BCUT2D eigenvalue weighted by Gasteiger charge is 2.61. The fourth-order valence-corrected chi connectivity index (χ4v) is 6.98. The number of ketones is 1. The third-order valence-corrected chi connectivity index (χ3v) is 13.5. The van der Waals surface area contributed by atoms with Crippen LogP contribution < -0.4 is 10.6 Å². The normalized spacial score (nSPS) is 32.1. The quantitative estimate of drug-likeness (QED) is 0.303. The van der Waals surface area contributed by atoms with Gasteiger partial charge in [0.25, 0.3) is 0 Å². The van der Waals surface area contributed by atoms with E-state index < -0.39 is 55.3 Å². The van der Waals surface area contributed by atoms with Crippen LogP contribution in [0.15, 0.2) is 12.2 Å². The van der Waals surface area contributed by atoms with Gasteiger partial charge in [-0.2, -0.15) is 0 Å². The first-order chi connectivity index (χ1) is 18.4. The number of fused-ring (bicyclic) bond motifs is 2. The van der Waals surface area contributed by atoms with E-state index in [0.717, 1.165) is 25.7 Å². The first-order valence-corrected chi connectivity index (χ1v) is 17.7. The maximum absolute atomic E-state index is 14.1. The molecule has 0 saturated heterocycles. The summed E-state index contributed by atoms with van der Waals surface area (Å²) in [5, 5.41) is 15.6. The lowest BCUT2D eigenvalue weighted by molar-refractivity contribution is -0.144. The number of ether oxygens (including phenoxy) is 1. The second kappa shape index (κ2) is 12.0. The van der Waals surface area contributed by atoms with Crippen LogP contribution in [0.3, 0.4) is 0 Å². The van der Waals surface area contributed by atoms with Crippen LogP contribution in [0, 0.1) is 17.8 Å². The number of allylic oxidation sites excluding steroid dienone is 1.